The number of hydrogen-bond donors (Lipinski definition) is 2. The summed E-state index contributed by atoms with van der Waals surface area (Å²) in [6.07, 6.45) is 5.44. The molecule has 0 saturated carbocycles. The molecule has 0 aliphatic carbocycles. The van der Waals surface area contributed by atoms with Gasteiger partial charge in [0.15, 0.2) is 5.65 Å². The van der Waals surface area contributed by atoms with Crippen LogP contribution in [0.3, 0.4) is 0 Å². The van der Waals surface area contributed by atoms with E-state index in [0.29, 0.717) is 5.69 Å². The van der Waals surface area contributed by atoms with Crippen LogP contribution in [0, 0.1) is 0 Å². The summed E-state index contributed by atoms with van der Waals surface area (Å²) in [6, 6.07) is 1.80. The zero-order valence-corrected chi connectivity index (χ0v) is 7.05. The van der Waals surface area contributed by atoms with Crippen molar-refractivity contribution >= 4 is 11.3 Å². The molecular formula is C8H11N3O2. The van der Waals surface area contributed by atoms with Gasteiger partial charge in [0.25, 0.3) is 0 Å². The molecule has 70 valence electrons. The first kappa shape index (κ1) is 8.00. The number of fused-ring (bicyclic) bond motifs is 1. The van der Waals surface area contributed by atoms with Gasteiger partial charge in [-0.05, 0) is 6.07 Å². The number of nitrogens with two attached hydrogens (primary N) is 1. The van der Waals surface area contributed by atoms with Crippen LogP contribution < -0.4 is 10.6 Å². The minimum absolute atomic E-state index is 0.00897. The van der Waals surface area contributed by atoms with Gasteiger partial charge in [-0.1, -0.05) is 0 Å². The van der Waals surface area contributed by atoms with Crippen LogP contribution in [0.15, 0.2) is 24.7 Å². The van der Waals surface area contributed by atoms with E-state index in [0.717, 1.165) is 5.65 Å². The van der Waals surface area contributed by atoms with Gasteiger partial charge in [0.2, 0.25) is 0 Å². The fraction of sp³-hybridized carbons (Fsp3) is 0.250. The van der Waals surface area contributed by atoms with Crippen LogP contribution >= 0.6 is 0 Å². The lowest BCUT2D eigenvalue weighted by Crippen LogP contribution is -2.14. The van der Waals surface area contributed by atoms with Crippen LogP contribution in [0.25, 0.3) is 5.65 Å². The van der Waals surface area contributed by atoms with Crippen LogP contribution in [-0.2, 0) is 0 Å². The summed E-state index contributed by atoms with van der Waals surface area (Å²) in [7, 11) is 0. The molecule has 5 nitrogen and oxygen atoms in total. The topological polar surface area (TPSA) is 64.8 Å². The molecule has 2 aromatic heterocycles. The second-order valence-electron chi connectivity index (χ2n) is 2.68. The number of nitrogens with zero attached hydrogens (tertiary/aromatic N) is 2. The van der Waals surface area contributed by atoms with Gasteiger partial charge >= 0.3 is 0 Å². The maximum atomic E-state index is 8.58. The van der Waals surface area contributed by atoms with Crippen LogP contribution in [0.1, 0.15) is 0 Å². The number of rotatable bonds is 3. The second kappa shape index (κ2) is 3.02. The third-order valence-electron chi connectivity index (χ3n) is 1.81. The SMILES string of the molecule is Nc1ccn2ccn(OCCO)c12. The Hall–Kier alpha value is -1.62. The molecule has 2 rings (SSSR count). The van der Waals surface area contributed by atoms with Crippen LogP contribution in [0.5, 0.6) is 0 Å². The molecule has 2 heterocycles. The van der Waals surface area contributed by atoms with Crippen molar-refractivity contribution in [3.63, 3.8) is 0 Å². The normalized spacial score (nSPS) is 10.8. The maximum Gasteiger partial charge on any atom is 0.176 e. The molecular weight excluding hydrogens is 170 g/mol. The minimum atomic E-state index is -0.00897. The largest absolute Gasteiger partial charge is 0.410 e. The highest BCUT2D eigenvalue weighted by Gasteiger charge is 2.04. The van der Waals surface area contributed by atoms with Crippen molar-refractivity contribution in [2.45, 2.75) is 0 Å². The zero-order valence-electron chi connectivity index (χ0n) is 7.05. The smallest absolute Gasteiger partial charge is 0.176 e. The third-order valence-corrected chi connectivity index (χ3v) is 1.81. The predicted octanol–water partition coefficient (Wildman–Crippen LogP) is -0.256. The molecule has 0 unspecified atom stereocenters. The van der Waals surface area contributed by atoms with E-state index < -0.39 is 0 Å². The Bertz CT molecular complexity index is 404. The Kier molecular flexibility index (Phi) is 1.86. The standard InChI is InChI=1S/C8H11N3O2/c9-7-1-2-10-3-4-11(8(7)10)13-6-5-12/h1-4,12H,5-6,9H2. The third kappa shape index (κ3) is 1.23. The number of imidazole rings is 1. The lowest BCUT2D eigenvalue weighted by atomic mass is 10.5. The first-order valence-electron chi connectivity index (χ1n) is 4.00. The fourth-order valence-corrected chi connectivity index (χ4v) is 1.26. The van der Waals surface area contributed by atoms with Crippen molar-refractivity contribution in [1.29, 1.82) is 0 Å². The Labute approximate surface area is 74.9 Å². The first-order chi connectivity index (χ1) is 6.33. The van der Waals surface area contributed by atoms with E-state index in [1.165, 1.54) is 0 Å². The van der Waals surface area contributed by atoms with Crippen molar-refractivity contribution in [2.75, 3.05) is 18.9 Å². The van der Waals surface area contributed by atoms with Crippen molar-refractivity contribution in [2.24, 2.45) is 0 Å². The summed E-state index contributed by atoms with van der Waals surface area (Å²) in [5.74, 6) is 0. The van der Waals surface area contributed by atoms with E-state index in [1.807, 2.05) is 16.8 Å². The Morgan fingerprint density at radius 2 is 2.23 bits per heavy atom. The molecule has 0 atom stereocenters. The van der Waals surface area contributed by atoms with E-state index in [4.69, 9.17) is 15.7 Å². The van der Waals surface area contributed by atoms with E-state index in [-0.39, 0.29) is 13.2 Å². The first-order valence-corrected chi connectivity index (χ1v) is 4.00. The molecule has 0 saturated heterocycles. The van der Waals surface area contributed by atoms with Gasteiger partial charge in [-0.25, -0.2) is 0 Å². The molecule has 0 aromatic carbocycles. The summed E-state index contributed by atoms with van der Waals surface area (Å²) in [5, 5.41) is 8.58. The highest BCUT2D eigenvalue weighted by molar-refractivity contribution is 5.65. The van der Waals surface area contributed by atoms with Gasteiger partial charge < -0.3 is 20.1 Å². The Balaban J connectivity index is 2.38. The van der Waals surface area contributed by atoms with E-state index >= 15 is 0 Å². The fourth-order valence-electron chi connectivity index (χ4n) is 1.26. The maximum absolute atomic E-state index is 8.58. The minimum Gasteiger partial charge on any atom is -0.410 e. The second-order valence-corrected chi connectivity index (χ2v) is 2.68. The monoisotopic (exact) mass is 181 g/mol. The lowest BCUT2D eigenvalue weighted by molar-refractivity contribution is 0.0827. The zero-order chi connectivity index (χ0) is 9.26. The number of nitrogen functional groups attached to an aromatic ring is 1. The van der Waals surface area contributed by atoms with Crippen molar-refractivity contribution in [3.05, 3.63) is 24.7 Å². The van der Waals surface area contributed by atoms with Gasteiger partial charge in [-0.15, -0.1) is 0 Å². The summed E-state index contributed by atoms with van der Waals surface area (Å²) in [4.78, 5) is 5.21. The predicted molar refractivity (Wildman–Crippen MR) is 48.3 cm³/mol. The number of aliphatic hydroxyl groups excluding tert-OH is 1. The van der Waals surface area contributed by atoms with E-state index in [9.17, 15) is 0 Å². The highest BCUT2D eigenvalue weighted by atomic mass is 16.7. The van der Waals surface area contributed by atoms with Crippen LogP contribution in [-0.4, -0.2) is 27.5 Å². The highest BCUT2D eigenvalue weighted by Crippen LogP contribution is 2.14. The number of aromatic nitrogens is 2. The van der Waals surface area contributed by atoms with E-state index in [2.05, 4.69) is 0 Å². The molecule has 0 spiro atoms. The van der Waals surface area contributed by atoms with E-state index in [1.54, 1.807) is 17.0 Å². The van der Waals surface area contributed by atoms with Gasteiger partial charge in [-0.3, -0.25) is 0 Å². The molecule has 5 heteroatoms. The van der Waals surface area contributed by atoms with Crippen molar-refractivity contribution in [1.82, 2.24) is 9.13 Å². The molecule has 0 aliphatic heterocycles. The lowest BCUT2D eigenvalue weighted by Gasteiger charge is -2.04. The summed E-state index contributed by atoms with van der Waals surface area (Å²) in [5.41, 5.74) is 7.15. The Morgan fingerprint density at radius 3 is 3.00 bits per heavy atom. The molecule has 0 radical (unpaired) electrons. The van der Waals surface area contributed by atoms with Gasteiger partial charge in [-0.2, -0.15) is 4.73 Å². The van der Waals surface area contributed by atoms with Crippen LogP contribution in [0.2, 0.25) is 0 Å². The molecule has 3 N–H and O–H groups in total. The average Bonchev–Trinajstić information content (AvgIpc) is 2.67. The summed E-state index contributed by atoms with van der Waals surface area (Å²) in [6.45, 7) is 0.250. The van der Waals surface area contributed by atoms with Crippen LogP contribution in [0.4, 0.5) is 5.69 Å². The molecule has 0 amide bonds. The molecule has 0 aliphatic rings. The quantitative estimate of drug-likeness (QED) is 0.686. The van der Waals surface area contributed by atoms with Gasteiger partial charge in [0, 0.05) is 12.4 Å². The number of hydrogen-bond acceptors (Lipinski definition) is 3. The van der Waals surface area contributed by atoms with Crippen molar-refractivity contribution in [3.8, 4) is 0 Å². The summed E-state index contributed by atoms with van der Waals surface area (Å²) < 4.78 is 3.40. The Morgan fingerprint density at radius 1 is 1.38 bits per heavy atom. The number of anilines is 1. The molecule has 2 aromatic rings. The van der Waals surface area contributed by atoms with Gasteiger partial charge in [0.05, 0.1) is 18.5 Å². The molecule has 0 fully saturated rings. The number of aliphatic hydroxyl groups is 1. The summed E-state index contributed by atoms with van der Waals surface area (Å²) >= 11 is 0. The molecule has 13 heavy (non-hydrogen) atoms. The molecule has 0 bridgehead atoms. The average molecular weight is 181 g/mol. The van der Waals surface area contributed by atoms with Gasteiger partial charge in [0.1, 0.15) is 6.61 Å². The van der Waals surface area contributed by atoms with Crippen molar-refractivity contribution < 1.29 is 9.94 Å².